The second kappa shape index (κ2) is 7.44. The van der Waals surface area contributed by atoms with Gasteiger partial charge in [-0.15, -0.1) is 0 Å². The van der Waals surface area contributed by atoms with Crippen LogP contribution in [-0.4, -0.2) is 47.4 Å². The highest BCUT2D eigenvalue weighted by atomic mass is 19.1. The van der Waals surface area contributed by atoms with Crippen LogP contribution in [0.1, 0.15) is 26.3 Å². The molecule has 1 fully saturated rings. The number of piperazine rings is 1. The second-order valence-electron chi connectivity index (χ2n) is 6.33. The second-order valence-corrected chi connectivity index (χ2v) is 6.33. The summed E-state index contributed by atoms with van der Waals surface area (Å²) in [7, 11) is 0. The number of nitrogens with one attached hydrogen (secondary N) is 1. The Morgan fingerprint density at radius 3 is 2.57 bits per heavy atom. The molecule has 5 nitrogen and oxygen atoms in total. The Morgan fingerprint density at radius 2 is 1.96 bits per heavy atom. The van der Waals surface area contributed by atoms with E-state index in [2.05, 4.69) is 19.2 Å². The number of rotatable bonds is 4. The number of benzene rings is 1. The fourth-order valence-corrected chi connectivity index (χ4v) is 2.71. The van der Waals surface area contributed by atoms with E-state index in [9.17, 15) is 14.0 Å². The van der Waals surface area contributed by atoms with Gasteiger partial charge in [0, 0.05) is 26.2 Å². The van der Waals surface area contributed by atoms with Crippen molar-refractivity contribution in [2.45, 2.75) is 33.4 Å². The Balaban J connectivity index is 1.90. The highest BCUT2D eigenvalue weighted by Gasteiger charge is 2.34. The molecule has 0 radical (unpaired) electrons. The molecule has 1 atom stereocenters. The van der Waals surface area contributed by atoms with Gasteiger partial charge in [0.05, 0.1) is 0 Å². The summed E-state index contributed by atoms with van der Waals surface area (Å²) in [5.41, 5.74) is 0.817. The number of nitrogens with zero attached hydrogens (tertiary/aromatic N) is 2. The molecular formula is C17H24FN3O2. The predicted molar refractivity (Wildman–Crippen MR) is 86.2 cm³/mol. The van der Waals surface area contributed by atoms with Crippen molar-refractivity contribution in [3.05, 3.63) is 35.6 Å². The van der Waals surface area contributed by atoms with E-state index in [0.717, 1.165) is 5.56 Å². The van der Waals surface area contributed by atoms with Crippen molar-refractivity contribution in [3.8, 4) is 0 Å². The minimum Gasteiger partial charge on any atom is -0.339 e. The molecule has 1 heterocycles. The van der Waals surface area contributed by atoms with Crippen LogP contribution in [0.3, 0.4) is 0 Å². The third kappa shape index (κ3) is 4.43. The van der Waals surface area contributed by atoms with E-state index < -0.39 is 6.04 Å². The average Bonchev–Trinajstić information content (AvgIpc) is 2.51. The first-order valence-electron chi connectivity index (χ1n) is 7.96. The minimum atomic E-state index is -0.462. The maximum absolute atomic E-state index is 12.9. The molecule has 23 heavy (non-hydrogen) atoms. The molecule has 0 saturated carbocycles. The Labute approximate surface area is 136 Å². The molecule has 0 spiro atoms. The molecule has 1 aliphatic rings. The standard InChI is InChI=1S/C17H24FN3O2/c1-12(2)11-20-8-9-21(13(3)16(20)22)17(23)19-10-14-4-6-15(18)7-5-14/h4-7,12-13H,8-11H2,1-3H3,(H,19,23). The molecule has 1 N–H and O–H groups in total. The monoisotopic (exact) mass is 321 g/mol. The number of carbonyl (C=O) groups excluding carboxylic acids is 2. The lowest BCUT2D eigenvalue weighted by Gasteiger charge is -2.39. The maximum atomic E-state index is 12.9. The van der Waals surface area contributed by atoms with Crippen molar-refractivity contribution >= 4 is 11.9 Å². The molecule has 126 valence electrons. The van der Waals surface area contributed by atoms with Gasteiger partial charge in [-0.05, 0) is 30.5 Å². The third-order valence-electron chi connectivity index (χ3n) is 3.95. The Hall–Kier alpha value is -2.11. The summed E-state index contributed by atoms with van der Waals surface area (Å²) >= 11 is 0. The van der Waals surface area contributed by atoms with Crippen LogP contribution < -0.4 is 5.32 Å². The van der Waals surface area contributed by atoms with E-state index in [1.807, 2.05) is 4.90 Å². The highest BCUT2D eigenvalue weighted by molar-refractivity contribution is 5.88. The number of hydrogen-bond donors (Lipinski definition) is 1. The topological polar surface area (TPSA) is 52.6 Å². The first-order chi connectivity index (χ1) is 10.9. The molecule has 0 bridgehead atoms. The summed E-state index contributed by atoms with van der Waals surface area (Å²) in [6, 6.07) is 5.25. The summed E-state index contributed by atoms with van der Waals surface area (Å²) < 4.78 is 12.9. The molecule has 6 heteroatoms. The number of amides is 3. The molecule has 1 aromatic carbocycles. The van der Waals surface area contributed by atoms with Crippen molar-refractivity contribution in [2.75, 3.05) is 19.6 Å². The van der Waals surface area contributed by atoms with Gasteiger partial charge in [0.25, 0.3) is 0 Å². The van der Waals surface area contributed by atoms with E-state index in [-0.39, 0.29) is 17.8 Å². The van der Waals surface area contributed by atoms with Gasteiger partial charge in [-0.1, -0.05) is 26.0 Å². The third-order valence-corrected chi connectivity index (χ3v) is 3.95. The number of carbonyl (C=O) groups is 2. The van der Waals surface area contributed by atoms with Crippen LogP contribution in [0.5, 0.6) is 0 Å². The molecule has 3 amide bonds. The van der Waals surface area contributed by atoms with Crippen LogP contribution in [0.15, 0.2) is 24.3 Å². The van der Waals surface area contributed by atoms with Crippen LogP contribution in [0.2, 0.25) is 0 Å². The molecule has 1 aliphatic heterocycles. The van der Waals surface area contributed by atoms with E-state index in [4.69, 9.17) is 0 Å². The fourth-order valence-electron chi connectivity index (χ4n) is 2.71. The molecule has 0 aromatic heterocycles. The molecule has 1 unspecified atom stereocenters. The normalized spacial score (nSPS) is 18.5. The lowest BCUT2D eigenvalue weighted by Crippen LogP contribution is -2.59. The number of urea groups is 1. The largest absolute Gasteiger partial charge is 0.339 e. The maximum Gasteiger partial charge on any atom is 0.318 e. The Bertz CT molecular complexity index is 559. The molecule has 1 saturated heterocycles. The predicted octanol–water partition coefficient (Wildman–Crippen LogP) is 2.22. The van der Waals surface area contributed by atoms with Gasteiger partial charge in [-0.2, -0.15) is 0 Å². The lowest BCUT2D eigenvalue weighted by atomic mass is 10.1. The van der Waals surface area contributed by atoms with Crippen LogP contribution in [-0.2, 0) is 11.3 Å². The number of halogens is 1. The molecule has 1 aromatic rings. The Morgan fingerprint density at radius 1 is 1.30 bits per heavy atom. The van der Waals surface area contributed by atoms with Crippen molar-refractivity contribution in [3.63, 3.8) is 0 Å². The van der Waals surface area contributed by atoms with E-state index >= 15 is 0 Å². The highest BCUT2D eigenvalue weighted by Crippen LogP contribution is 2.13. The van der Waals surface area contributed by atoms with Gasteiger partial charge in [-0.3, -0.25) is 4.79 Å². The van der Waals surface area contributed by atoms with Crippen LogP contribution in [0, 0.1) is 11.7 Å². The van der Waals surface area contributed by atoms with Crippen molar-refractivity contribution < 1.29 is 14.0 Å². The zero-order chi connectivity index (χ0) is 17.0. The summed E-state index contributed by atoms with van der Waals surface area (Å²) in [5, 5.41) is 2.79. The van der Waals surface area contributed by atoms with Crippen LogP contribution in [0.4, 0.5) is 9.18 Å². The zero-order valence-corrected chi connectivity index (χ0v) is 13.9. The van der Waals surface area contributed by atoms with Gasteiger partial charge in [-0.25, -0.2) is 9.18 Å². The quantitative estimate of drug-likeness (QED) is 0.924. The van der Waals surface area contributed by atoms with Gasteiger partial charge in [0.15, 0.2) is 0 Å². The van der Waals surface area contributed by atoms with Crippen molar-refractivity contribution in [1.82, 2.24) is 15.1 Å². The Kier molecular flexibility index (Phi) is 5.58. The first kappa shape index (κ1) is 17.2. The summed E-state index contributed by atoms with van der Waals surface area (Å²) in [4.78, 5) is 28.0. The van der Waals surface area contributed by atoms with E-state index in [1.54, 1.807) is 24.0 Å². The number of hydrogen-bond acceptors (Lipinski definition) is 2. The van der Waals surface area contributed by atoms with Crippen LogP contribution in [0.25, 0.3) is 0 Å². The molecule has 2 rings (SSSR count). The zero-order valence-electron chi connectivity index (χ0n) is 13.9. The first-order valence-corrected chi connectivity index (χ1v) is 7.96. The fraction of sp³-hybridized carbons (Fsp3) is 0.529. The summed E-state index contributed by atoms with van der Waals surface area (Å²) in [6.45, 7) is 8.01. The van der Waals surface area contributed by atoms with Gasteiger partial charge in [0.1, 0.15) is 11.9 Å². The van der Waals surface area contributed by atoms with E-state index in [0.29, 0.717) is 32.1 Å². The van der Waals surface area contributed by atoms with Crippen LogP contribution >= 0.6 is 0 Å². The van der Waals surface area contributed by atoms with Gasteiger partial charge >= 0.3 is 6.03 Å². The van der Waals surface area contributed by atoms with E-state index in [1.165, 1.54) is 12.1 Å². The lowest BCUT2D eigenvalue weighted by molar-refractivity contribution is -0.139. The average molecular weight is 321 g/mol. The summed E-state index contributed by atoms with van der Waals surface area (Å²) in [5.74, 6) is 0.0902. The summed E-state index contributed by atoms with van der Waals surface area (Å²) in [6.07, 6.45) is 0. The molecular weight excluding hydrogens is 297 g/mol. The van der Waals surface area contributed by atoms with Crippen molar-refractivity contribution in [2.24, 2.45) is 5.92 Å². The molecule has 0 aliphatic carbocycles. The smallest absolute Gasteiger partial charge is 0.318 e. The van der Waals surface area contributed by atoms with Gasteiger partial charge < -0.3 is 15.1 Å². The minimum absolute atomic E-state index is 0.0121. The SMILES string of the molecule is CC(C)CN1CCN(C(=O)NCc2ccc(F)cc2)C(C)C1=O. The van der Waals surface area contributed by atoms with Gasteiger partial charge in [0.2, 0.25) is 5.91 Å². The van der Waals surface area contributed by atoms with Crippen molar-refractivity contribution in [1.29, 1.82) is 0 Å².